The third-order valence-corrected chi connectivity index (χ3v) is 3.37. The van der Waals surface area contributed by atoms with Crippen LogP contribution >= 0.6 is 11.6 Å². The number of benzene rings is 2. The van der Waals surface area contributed by atoms with Gasteiger partial charge in [-0.3, -0.25) is 0 Å². The minimum atomic E-state index is -0.867. The highest BCUT2D eigenvalue weighted by molar-refractivity contribution is 6.30. The van der Waals surface area contributed by atoms with Crippen LogP contribution in [0.4, 0.5) is 8.78 Å². The molecule has 1 unspecified atom stereocenters. The molecular formula is C15H14ClF2N. The molecule has 0 aliphatic heterocycles. The van der Waals surface area contributed by atoms with Crippen molar-refractivity contribution in [1.29, 1.82) is 0 Å². The van der Waals surface area contributed by atoms with Gasteiger partial charge in [0.25, 0.3) is 0 Å². The van der Waals surface area contributed by atoms with E-state index in [1.165, 1.54) is 18.2 Å². The molecule has 0 heterocycles. The van der Waals surface area contributed by atoms with Gasteiger partial charge in [-0.2, -0.15) is 0 Å². The first-order valence-electron chi connectivity index (χ1n) is 5.88. The van der Waals surface area contributed by atoms with Crippen molar-refractivity contribution < 1.29 is 8.78 Å². The summed E-state index contributed by atoms with van der Waals surface area (Å²) in [7, 11) is 0. The van der Waals surface area contributed by atoms with Crippen molar-refractivity contribution in [2.75, 3.05) is 0 Å². The van der Waals surface area contributed by atoms with Crippen LogP contribution in [0.5, 0.6) is 0 Å². The molecule has 0 bridgehead atoms. The van der Waals surface area contributed by atoms with Gasteiger partial charge in [0.2, 0.25) is 0 Å². The largest absolute Gasteiger partial charge is 0.321 e. The Balaban J connectivity index is 2.33. The van der Waals surface area contributed by atoms with E-state index in [0.29, 0.717) is 11.1 Å². The van der Waals surface area contributed by atoms with E-state index in [-0.39, 0.29) is 17.3 Å². The van der Waals surface area contributed by atoms with Gasteiger partial charge < -0.3 is 5.73 Å². The van der Waals surface area contributed by atoms with E-state index in [1.807, 2.05) is 0 Å². The summed E-state index contributed by atoms with van der Waals surface area (Å²) in [6.45, 7) is 1.74. The van der Waals surface area contributed by atoms with Crippen LogP contribution in [-0.2, 0) is 12.0 Å². The monoisotopic (exact) mass is 281 g/mol. The Morgan fingerprint density at radius 3 is 2.53 bits per heavy atom. The summed E-state index contributed by atoms with van der Waals surface area (Å²) in [6, 6.07) is 10.8. The van der Waals surface area contributed by atoms with Gasteiger partial charge in [0.1, 0.15) is 11.6 Å². The zero-order valence-corrected chi connectivity index (χ0v) is 11.2. The first kappa shape index (κ1) is 14.0. The van der Waals surface area contributed by atoms with Gasteiger partial charge in [-0.25, -0.2) is 8.78 Å². The maximum Gasteiger partial charge on any atom is 0.145 e. The zero-order chi connectivity index (χ0) is 14.0. The molecule has 2 aromatic carbocycles. The molecule has 0 fully saturated rings. The fourth-order valence-corrected chi connectivity index (χ4v) is 2.22. The number of halogens is 3. The van der Waals surface area contributed by atoms with Crippen molar-refractivity contribution in [3.63, 3.8) is 0 Å². The maximum absolute atomic E-state index is 13.9. The highest BCUT2D eigenvalue weighted by Crippen LogP contribution is 2.27. The smallest absolute Gasteiger partial charge is 0.145 e. The summed E-state index contributed by atoms with van der Waals surface area (Å²) in [4.78, 5) is 0. The van der Waals surface area contributed by atoms with E-state index in [4.69, 9.17) is 17.3 Å². The molecule has 1 nitrogen and oxygen atoms in total. The molecule has 0 spiro atoms. The standard InChI is InChI=1S/C15H14ClF2N/c1-15(19,11-5-3-6-12(17)8-11)9-10-4-2-7-13(16)14(10)18/h2-8H,9,19H2,1H3. The van der Waals surface area contributed by atoms with Crippen LogP contribution in [0.25, 0.3) is 0 Å². The molecular weight excluding hydrogens is 268 g/mol. The third-order valence-electron chi connectivity index (χ3n) is 3.07. The van der Waals surface area contributed by atoms with E-state index in [0.717, 1.165) is 0 Å². The second-order valence-corrected chi connectivity index (χ2v) is 5.22. The van der Waals surface area contributed by atoms with E-state index in [2.05, 4.69) is 0 Å². The molecule has 2 N–H and O–H groups in total. The van der Waals surface area contributed by atoms with Gasteiger partial charge in [0.15, 0.2) is 0 Å². The Labute approximate surface area is 116 Å². The lowest BCUT2D eigenvalue weighted by molar-refractivity contribution is 0.471. The predicted molar refractivity (Wildman–Crippen MR) is 73.1 cm³/mol. The number of nitrogens with two attached hydrogens (primary N) is 1. The van der Waals surface area contributed by atoms with Gasteiger partial charge in [-0.15, -0.1) is 0 Å². The number of rotatable bonds is 3. The Morgan fingerprint density at radius 1 is 1.16 bits per heavy atom. The highest BCUT2D eigenvalue weighted by Gasteiger charge is 2.24. The summed E-state index contributed by atoms with van der Waals surface area (Å²) in [5.74, 6) is -0.835. The van der Waals surface area contributed by atoms with Gasteiger partial charge in [0.05, 0.1) is 5.02 Å². The first-order chi connectivity index (χ1) is 8.90. The van der Waals surface area contributed by atoms with Crippen molar-refractivity contribution in [2.45, 2.75) is 18.9 Å². The topological polar surface area (TPSA) is 26.0 Å². The highest BCUT2D eigenvalue weighted by atomic mass is 35.5. The quantitative estimate of drug-likeness (QED) is 0.903. The first-order valence-corrected chi connectivity index (χ1v) is 6.26. The fourth-order valence-electron chi connectivity index (χ4n) is 2.03. The van der Waals surface area contributed by atoms with Crippen LogP contribution in [0.1, 0.15) is 18.1 Å². The molecule has 4 heteroatoms. The Bertz CT molecular complexity index is 596. The van der Waals surface area contributed by atoms with Crippen LogP contribution in [0.3, 0.4) is 0 Å². The maximum atomic E-state index is 13.9. The molecule has 2 aromatic rings. The SMILES string of the molecule is CC(N)(Cc1cccc(Cl)c1F)c1cccc(F)c1. The third kappa shape index (κ3) is 3.11. The van der Waals surface area contributed by atoms with Crippen LogP contribution in [0, 0.1) is 11.6 Å². The van der Waals surface area contributed by atoms with Gasteiger partial charge >= 0.3 is 0 Å². The molecule has 0 radical (unpaired) electrons. The lowest BCUT2D eigenvalue weighted by Crippen LogP contribution is -2.35. The Morgan fingerprint density at radius 2 is 1.84 bits per heavy atom. The Kier molecular flexibility index (Phi) is 3.88. The van der Waals surface area contributed by atoms with E-state index in [9.17, 15) is 8.78 Å². The van der Waals surface area contributed by atoms with E-state index < -0.39 is 11.4 Å². The van der Waals surface area contributed by atoms with Gasteiger partial charge in [-0.05, 0) is 42.7 Å². The lowest BCUT2D eigenvalue weighted by atomic mass is 9.86. The molecule has 0 aliphatic carbocycles. The van der Waals surface area contributed by atoms with Crippen molar-refractivity contribution in [3.05, 3.63) is 70.2 Å². The van der Waals surface area contributed by atoms with Gasteiger partial charge in [-0.1, -0.05) is 35.9 Å². The number of hydrogen-bond acceptors (Lipinski definition) is 1. The molecule has 0 saturated heterocycles. The fraction of sp³-hybridized carbons (Fsp3) is 0.200. The average Bonchev–Trinajstić information content (AvgIpc) is 2.35. The second kappa shape index (κ2) is 5.27. The zero-order valence-electron chi connectivity index (χ0n) is 10.5. The molecule has 0 aliphatic rings. The molecule has 0 aromatic heterocycles. The summed E-state index contributed by atoms with van der Waals surface area (Å²) in [5, 5.41) is 0.0625. The predicted octanol–water partition coefficient (Wildman–Crippen LogP) is 4.03. The van der Waals surface area contributed by atoms with Gasteiger partial charge in [0, 0.05) is 5.54 Å². The van der Waals surface area contributed by atoms with Crippen LogP contribution in [0.2, 0.25) is 5.02 Å². The van der Waals surface area contributed by atoms with Crippen molar-refractivity contribution in [1.82, 2.24) is 0 Å². The van der Waals surface area contributed by atoms with E-state index >= 15 is 0 Å². The Hall–Kier alpha value is -1.45. The average molecular weight is 282 g/mol. The minimum absolute atomic E-state index is 0.0625. The molecule has 2 rings (SSSR count). The molecule has 19 heavy (non-hydrogen) atoms. The second-order valence-electron chi connectivity index (χ2n) is 4.82. The van der Waals surface area contributed by atoms with Crippen molar-refractivity contribution >= 4 is 11.6 Å². The molecule has 0 saturated carbocycles. The van der Waals surface area contributed by atoms with Crippen LogP contribution in [0.15, 0.2) is 42.5 Å². The van der Waals surface area contributed by atoms with Crippen molar-refractivity contribution in [3.8, 4) is 0 Å². The normalized spacial score (nSPS) is 14.2. The lowest BCUT2D eigenvalue weighted by Gasteiger charge is -2.25. The molecule has 1 atom stereocenters. The van der Waals surface area contributed by atoms with Crippen LogP contribution < -0.4 is 5.73 Å². The minimum Gasteiger partial charge on any atom is -0.321 e. The number of hydrogen-bond donors (Lipinski definition) is 1. The summed E-state index contributed by atoms with van der Waals surface area (Å²) >= 11 is 5.74. The van der Waals surface area contributed by atoms with Crippen LogP contribution in [-0.4, -0.2) is 0 Å². The summed E-state index contributed by atoms with van der Waals surface area (Å²) in [6.07, 6.45) is 0.239. The summed E-state index contributed by atoms with van der Waals surface area (Å²) in [5.41, 5.74) is 6.35. The molecule has 0 amide bonds. The van der Waals surface area contributed by atoms with E-state index in [1.54, 1.807) is 31.2 Å². The van der Waals surface area contributed by atoms with Crippen molar-refractivity contribution in [2.24, 2.45) is 5.73 Å². The molecule has 100 valence electrons. The summed E-state index contributed by atoms with van der Waals surface area (Å²) < 4.78 is 27.1.